The lowest BCUT2D eigenvalue weighted by Crippen LogP contribution is -1.95. The van der Waals surface area contributed by atoms with Crippen LogP contribution in [-0.2, 0) is 7.05 Å². The fourth-order valence-corrected chi connectivity index (χ4v) is 0.858. The number of aliphatic imine (C=N–C) groups is 1. The van der Waals surface area contributed by atoms with Crippen LogP contribution in [0.25, 0.3) is 0 Å². The van der Waals surface area contributed by atoms with Gasteiger partial charge in [0.05, 0.1) is 6.20 Å². The SMILES string of the molecule is C=C/C=N\c1c(C(=O)O)cnn1C. The highest BCUT2D eigenvalue weighted by atomic mass is 16.4. The molecule has 0 atom stereocenters. The van der Waals surface area contributed by atoms with E-state index in [1.54, 1.807) is 7.05 Å². The quantitative estimate of drug-likeness (QED) is 0.704. The molecule has 0 saturated heterocycles. The molecule has 0 spiro atoms. The van der Waals surface area contributed by atoms with Crippen LogP contribution in [-0.4, -0.2) is 27.1 Å². The third-order valence-electron chi connectivity index (χ3n) is 1.44. The lowest BCUT2D eigenvalue weighted by atomic mass is 10.3. The zero-order valence-corrected chi connectivity index (χ0v) is 7.14. The Labute approximate surface area is 75.0 Å². The van der Waals surface area contributed by atoms with Crippen molar-refractivity contribution < 1.29 is 9.90 Å². The Hall–Kier alpha value is -1.91. The number of hydrogen-bond donors (Lipinski definition) is 1. The largest absolute Gasteiger partial charge is 0.477 e. The van der Waals surface area contributed by atoms with Gasteiger partial charge in [0.1, 0.15) is 5.56 Å². The number of aromatic carboxylic acids is 1. The molecule has 0 saturated carbocycles. The molecule has 1 aromatic heterocycles. The van der Waals surface area contributed by atoms with Gasteiger partial charge in [0.2, 0.25) is 0 Å². The van der Waals surface area contributed by atoms with E-state index in [1.807, 2.05) is 0 Å². The van der Waals surface area contributed by atoms with E-state index in [2.05, 4.69) is 16.7 Å². The molecule has 0 radical (unpaired) electrons. The van der Waals surface area contributed by atoms with Crippen molar-refractivity contribution in [2.24, 2.45) is 12.0 Å². The molecule has 0 bridgehead atoms. The van der Waals surface area contributed by atoms with E-state index in [9.17, 15) is 4.79 Å². The maximum atomic E-state index is 10.6. The minimum Gasteiger partial charge on any atom is -0.477 e. The fraction of sp³-hybridized carbons (Fsp3) is 0.125. The molecule has 0 fully saturated rings. The molecule has 0 aromatic carbocycles. The molecule has 5 nitrogen and oxygen atoms in total. The van der Waals surface area contributed by atoms with E-state index in [-0.39, 0.29) is 5.56 Å². The van der Waals surface area contributed by atoms with E-state index in [0.29, 0.717) is 5.82 Å². The molecule has 68 valence electrons. The summed E-state index contributed by atoms with van der Waals surface area (Å²) in [7, 11) is 1.63. The van der Waals surface area contributed by atoms with Crippen LogP contribution in [0.1, 0.15) is 10.4 Å². The fourth-order valence-electron chi connectivity index (χ4n) is 0.858. The number of hydrogen-bond acceptors (Lipinski definition) is 3. The third kappa shape index (κ3) is 1.81. The van der Waals surface area contributed by atoms with Gasteiger partial charge < -0.3 is 5.11 Å². The number of carbonyl (C=O) groups is 1. The van der Waals surface area contributed by atoms with Crippen LogP contribution in [0.3, 0.4) is 0 Å². The summed E-state index contributed by atoms with van der Waals surface area (Å²) >= 11 is 0. The Morgan fingerprint density at radius 2 is 2.54 bits per heavy atom. The Morgan fingerprint density at radius 3 is 3.08 bits per heavy atom. The predicted octanol–water partition coefficient (Wildman–Crippen LogP) is 1.01. The number of nitrogens with zero attached hydrogens (tertiary/aromatic N) is 3. The smallest absolute Gasteiger partial charge is 0.341 e. The van der Waals surface area contributed by atoms with E-state index in [4.69, 9.17) is 5.11 Å². The number of carboxylic acids is 1. The van der Waals surface area contributed by atoms with Crippen LogP contribution in [0.4, 0.5) is 5.82 Å². The summed E-state index contributed by atoms with van der Waals surface area (Å²) in [5, 5.41) is 12.5. The van der Waals surface area contributed by atoms with Gasteiger partial charge in [0, 0.05) is 13.3 Å². The molecule has 0 amide bonds. The molecule has 1 N–H and O–H groups in total. The summed E-state index contributed by atoms with van der Waals surface area (Å²) < 4.78 is 1.39. The Balaban J connectivity index is 3.15. The van der Waals surface area contributed by atoms with Crippen molar-refractivity contribution in [2.45, 2.75) is 0 Å². The summed E-state index contributed by atoms with van der Waals surface area (Å²) in [5.41, 5.74) is 0.0839. The van der Waals surface area contributed by atoms with Gasteiger partial charge in [0.15, 0.2) is 5.82 Å². The predicted molar refractivity (Wildman–Crippen MR) is 48.5 cm³/mol. The van der Waals surface area contributed by atoms with Crippen molar-refractivity contribution in [3.05, 3.63) is 24.4 Å². The van der Waals surface area contributed by atoms with Gasteiger partial charge in [-0.2, -0.15) is 5.10 Å². The Bertz CT molecular complexity index is 365. The van der Waals surface area contributed by atoms with Gasteiger partial charge in [-0.3, -0.25) is 4.68 Å². The Morgan fingerprint density at radius 1 is 1.85 bits per heavy atom. The first kappa shape index (κ1) is 9.18. The molecule has 0 aliphatic carbocycles. The first-order valence-electron chi connectivity index (χ1n) is 3.57. The van der Waals surface area contributed by atoms with Crippen molar-refractivity contribution >= 4 is 18.0 Å². The second-order valence-electron chi connectivity index (χ2n) is 2.32. The molecule has 1 rings (SSSR count). The Kier molecular flexibility index (Phi) is 2.59. The van der Waals surface area contributed by atoms with Crippen molar-refractivity contribution in [1.82, 2.24) is 9.78 Å². The third-order valence-corrected chi connectivity index (χ3v) is 1.44. The maximum Gasteiger partial charge on any atom is 0.341 e. The number of carboxylic acid groups (broad SMARTS) is 1. The molecular formula is C8H9N3O2. The van der Waals surface area contributed by atoms with Gasteiger partial charge in [-0.05, 0) is 0 Å². The summed E-state index contributed by atoms with van der Waals surface area (Å²) in [6.07, 6.45) is 4.15. The highest BCUT2D eigenvalue weighted by Crippen LogP contribution is 2.16. The van der Waals surface area contributed by atoms with E-state index in [1.165, 1.54) is 23.2 Å². The van der Waals surface area contributed by atoms with Crippen molar-refractivity contribution in [2.75, 3.05) is 0 Å². The van der Waals surface area contributed by atoms with Crippen LogP contribution in [0.5, 0.6) is 0 Å². The van der Waals surface area contributed by atoms with E-state index < -0.39 is 5.97 Å². The van der Waals surface area contributed by atoms with Crippen LogP contribution >= 0.6 is 0 Å². The highest BCUT2D eigenvalue weighted by Gasteiger charge is 2.13. The summed E-state index contributed by atoms with van der Waals surface area (Å²) in [6, 6.07) is 0. The molecule has 1 heterocycles. The summed E-state index contributed by atoms with van der Waals surface area (Å²) in [5.74, 6) is -0.725. The molecule has 0 aliphatic heterocycles. The number of allylic oxidation sites excluding steroid dienone is 1. The second-order valence-corrected chi connectivity index (χ2v) is 2.32. The molecule has 13 heavy (non-hydrogen) atoms. The summed E-state index contributed by atoms with van der Waals surface area (Å²) in [6.45, 7) is 3.44. The average molecular weight is 179 g/mol. The first-order chi connectivity index (χ1) is 6.16. The van der Waals surface area contributed by atoms with Crippen molar-refractivity contribution in [3.63, 3.8) is 0 Å². The zero-order valence-electron chi connectivity index (χ0n) is 7.14. The monoisotopic (exact) mass is 179 g/mol. The van der Waals surface area contributed by atoms with E-state index in [0.717, 1.165) is 0 Å². The molecular weight excluding hydrogens is 170 g/mol. The number of rotatable bonds is 3. The second kappa shape index (κ2) is 3.66. The maximum absolute atomic E-state index is 10.6. The topological polar surface area (TPSA) is 67.5 Å². The highest BCUT2D eigenvalue weighted by molar-refractivity contribution is 5.93. The molecule has 0 aliphatic rings. The average Bonchev–Trinajstić information content (AvgIpc) is 2.43. The van der Waals surface area contributed by atoms with Gasteiger partial charge in [-0.25, -0.2) is 9.79 Å². The number of aryl methyl sites for hydroxylation is 1. The van der Waals surface area contributed by atoms with Crippen molar-refractivity contribution in [3.8, 4) is 0 Å². The van der Waals surface area contributed by atoms with Crippen LogP contribution in [0.2, 0.25) is 0 Å². The first-order valence-corrected chi connectivity index (χ1v) is 3.57. The molecule has 1 aromatic rings. The van der Waals surface area contributed by atoms with E-state index >= 15 is 0 Å². The molecule has 0 unspecified atom stereocenters. The zero-order chi connectivity index (χ0) is 9.84. The van der Waals surface area contributed by atoms with Crippen molar-refractivity contribution in [1.29, 1.82) is 0 Å². The van der Waals surface area contributed by atoms with Crippen LogP contribution in [0, 0.1) is 0 Å². The van der Waals surface area contributed by atoms with Gasteiger partial charge in [0.25, 0.3) is 0 Å². The summed E-state index contributed by atoms with van der Waals surface area (Å²) in [4.78, 5) is 14.5. The lowest BCUT2D eigenvalue weighted by Gasteiger charge is -1.94. The van der Waals surface area contributed by atoms with Gasteiger partial charge in [-0.15, -0.1) is 0 Å². The molecule has 5 heteroatoms. The van der Waals surface area contributed by atoms with Crippen LogP contribution < -0.4 is 0 Å². The normalized spacial score (nSPS) is 10.5. The minimum absolute atomic E-state index is 0.0839. The van der Waals surface area contributed by atoms with Gasteiger partial charge >= 0.3 is 5.97 Å². The standard InChI is InChI=1S/C8H9N3O2/c1-3-4-9-7-6(8(12)13)5-10-11(7)2/h3-5H,1H2,2H3,(H,12,13)/b9-4-. The van der Waals surface area contributed by atoms with Gasteiger partial charge in [-0.1, -0.05) is 12.7 Å². The minimum atomic E-state index is -1.04. The number of aromatic nitrogens is 2. The lowest BCUT2D eigenvalue weighted by molar-refractivity contribution is 0.0698. The van der Waals surface area contributed by atoms with Crippen LogP contribution in [0.15, 0.2) is 23.8 Å².